The van der Waals surface area contributed by atoms with E-state index in [0.29, 0.717) is 12.1 Å². The van der Waals surface area contributed by atoms with E-state index in [4.69, 9.17) is 4.74 Å². The zero-order valence-electron chi connectivity index (χ0n) is 12.2. The van der Waals surface area contributed by atoms with Crippen molar-refractivity contribution in [3.05, 3.63) is 0 Å². The lowest BCUT2D eigenvalue weighted by Crippen LogP contribution is -2.48. The van der Waals surface area contributed by atoms with E-state index in [1.54, 1.807) is 0 Å². The SMILES string of the molecule is CCNC(C)(C#N)CC(C)N1CCCOC(C)C1. The van der Waals surface area contributed by atoms with Crippen LogP contribution in [-0.2, 0) is 4.74 Å². The normalized spacial score (nSPS) is 26.9. The van der Waals surface area contributed by atoms with Crippen LogP contribution in [0.4, 0.5) is 0 Å². The lowest BCUT2D eigenvalue weighted by Gasteiger charge is -2.34. The first-order valence-electron chi connectivity index (χ1n) is 7.02. The van der Waals surface area contributed by atoms with E-state index >= 15 is 0 Å². The third kappa shape index (κ3) is 4.56. The van der Waals surface area contributed by atoms with E-state index in [1.165, 1.54) is 0 Å². The van der Waals surface area contributed by atoms with Crippen molar-refractivity contribution < 1.29 is 4.74 Å². The van der Waals surface area contributed by atoms with Gasteiger partial charge in [0.05, 0.1) is 12.2 Å². The molecule has 0 aliphatic carbocycles. The van der Waals surface area contributed by atoms with Gasteiger partial charge in [0.25, 0.3) is 0 Å². The maximum absolute atomic E-state index is 9.32. The molecular weight excluding hydrogens is 226 g/mol. The smallest absolute Gasteiger partial charge is 0.105 e. The van der Waals surface area contributed by atoms with Crippen molar-refractivity contribution in [1.29, 1.82) is 5.26 Å². The third-order valence-electron chi connectivity index (χ3n) is 3.62. The lowest BCUT2D eigenvalue weighted by atomic mass is 9.94. The van der Waals surface area contributed by atoms with Crippen LogP contribution in [0.25, 0.3) is 0 Å². The van der Waals surface area contributed by atoms with Crippen LogP contribution in [0, 0.1) is 11.3 Å². The Morgan fingerprint density at radius 1 is 1.61 bits per heavy atom. The van der Waals surface area contributed by atoms with Gasteiger partial charge >= 0.3 is 0 Å². The van der Waals surface area contributed by atoms with Gasteiger partial charge in [0.15, 0.2) is 0 Å². The van der Waals surface area contributed by atoms with Crippen molar-refractivity contribution in [2.75, 3.05) is 26.2 Å². The van der Waals surface area contributed by atoms with Crippen molar-refractivity contribution in [3.8, 4) is 6.07 Å². The fourth-order valence-corrected chi connectivity index (χ4v) is 2.69. The van der Waals surface area contributed by atoms with E-state index in [2.05, 4.69) is 30.1 Å². The number of nitriles is 1. The maximum Gasteiger partial charge on any atom is 0.105 e. The van der Waals surface area contributed by atoms with Crippen molar-refractivity contribution in [1.82, 2.24) is 10.2 Å². The standard InChI is InChI=1S/C14H27N3O/c1-5-16-14(4,11-15)9-12(2)17-7-6-8-18-13(3)10-17/h12-13,16H,5-10H2,1-4H3. The zero-order valence-corrected chi connectivity index (χ0v) is 12.2. The van der Waals surface area contributed by atoms with Crippen LogP contribution in [0.15, 0.2) is 0 Å². The molecule has 1 heterocycles. The predicted molar refractivity (Wildman–Crippen MR) is 73.4 cm³/mol. The molecule has 18 heavy (non-hydrogen) atoms. The van der Waals surface area contributed by atoms with Gasteiger partial charge in [0, 0.05) is 25.7 Å². The molecule has 3 atom stereocenters. The molecule has 4 nitrogen and oxygen atoms in total. The highest BCUT2D eigenvalue weighted by atomic mass is 16.5. The summed E-state index contributed by atoms with van der Waals surface area (Å²) >= 11 is 0. The molecule has 0 aromatic carbocycles. The van der Waals surface area contributed by atoms with Crippen LogP contribution < -0.4 is 5.32 Å². The molecule has 1 rings (SSSR count). The summed E-state index contributed by atoms with van der Waals surface area (Å²) in [5, 5.41) is 12.6. The molecule has 1 N–H and O–H groups in total. The molecule has 1 aliphatic heterocycles. The number of ether oxygens (including phenoxy) is 1. The van der Waals surface area contributed by atoms with Crippen LogP contribution in [0.2, 0.25) is 0 Å². The van der Waals surface area contributed by atoms with E-state index in [-0.39, 0.29) is 0 Å². The van der Waals surface area contributed by atoms with Gasteiger partial charge in [-0.05, 0) is 40.2 Å². The van der Waals surface area contributed by atoms with Crippen molar-refractivity contribution >= 4 is 0 Å². The Kier molecular flexibility index (Phi) is 6.07. The van der Waals surface area contributed by atoms with Crippen molar-refractivity contribution in [2.45, 2.75) is 58.2 Å². The van der Waals surface area contributed by atoms with E-state index < -0.39 is 5.54 Å². The number of rotatable bonds is 5. The largest absolute Gasteiger partial charge is 0.377 e. The molecule has 1 saturated heterocycles. The Balaban J connectivity index is 2.57. The molecule has 0 saturated carbocycles. The Bertz CT molecular complexity index is 289. The highest BCUT2D eigenvalue weighted by molar-refractivity contribution is 5.05. The summed E-state index contributed by atoms with van der Waals surface area (Å²) in [6, 6.07) is 2.81. The summed E-state index contributed by atoms with van der Waals surface area (Å²) in [6.07, 6.45) is 2.23. The molecule has 0 radical (unpaired) electrons. The van der Waals surface area contributed by atoms with Gasteiger partial charge in [-0.15, -0.1) is 0 Å². The van der Waals surface area contributed by atoms with Gasteiger partial charge in [-0.1, -0.05) is 6.92 Å². The molecule has 0 spiro atoms. The second-order valence-corrected chi connectivity index (χ2v) is 5.56. The first-order valence-corrected chi connectivity index (χ1v) is 7.02. The van der Waals surface area contributed by atoms with Gasteiger partial charge < -0.3 is 4.74 Å². The molecule has 0 aromatic heterocycles. The Morgan fingerprint density at radius 3 is 2.94 bits per heavy atom. The van der Waals surface area contributed by atoms with Crippen LogP contribution in [0.1, 0.15) is 40.5 Å². The van der Waals surface area contributed by atoms with Crippen LogP contribution >= 0.6 is 0 Å². The molecule has 4 heteroatoms. The van der Waals surface area contributed by atoms with E-state index in [9.17, 15) is 5.26 Å². The van der Waals surface area contributed by atoms with Gasteiger partial charge in [-0.2, -0.15) is 5.26 Å². The van der Waals surface area contributed by atoms with E-state index in [1.807, 2.05) is 13.8 Å². The van der Waals surface area contributed by atoms with Crippen LogP contribution in [0.3, 0.4) is 0 Å². The molecule has 0 bridgehead atoms. The summed E-state index contributed by atoms with van der Waals surface area (Å²) in [5.74, 6) is 0. The average molecular weight is 253 g/mol. The minimum atomic E-state index is -0.426. The minimum Gasteiger partial charge on any atom is -0.377 e. The fourth-order valence-electron chi connectivity index (χ4n) is 2.69. The van der Waals surface area contributed by atoms with Gasteiger partial charge in [-0.25, -0.2) is 0 Å². The minimum absolute atomic E-state index is 0.294. The van der Waals surface area contributed by atoms with Gasteiger partial charge in [0.2, 0.25) is 0 Å². The lowest BCUT2D eigenvalue weighted by molar-refractivity contribution is 0.0595. The Hall–Kier alpha value is -0.630. The second kappa shape index (κ2) is 7.08. The van der Waals surface area contributed by atoms with Crippen LogP contribution in [0.5, 0.6) is 0 Å². The molecule has 104 valence electrons. The molecule has 0 amide bonds. The van der Waals surface area contributed by atoms with Gasteiger partial charge in [0.1, 0.15) is 5.54 Å². The molecule has 0 aromatic rings. The predicted octanol–water partition coefficient (Wildman–Crippen LogP) is 1.77. The molecule has 1 fully saturated rings. The third-order valence-corrected chi connectivity index (χ3v) is 3.62. The monoisotopic (exact) mass is 253 g/mol. The molecule has 3 unspecified atom stereocenters. The number of nitrogens with zero attached hydrogens (tertiary/aromatic N) is 2. The zero-order chi connectivity index (χ0) is 13.6. The summed E-state index contributed by atoms with van der Waals surface area (Å²) in [4.78, 5) is 2.45. The second-order valence-electron chi connectivity index (χ2n) is 5.56. The Labute approximate surface area is 111 Å². The maximum atomic E-state index is 9.32. The quantitative estimate of drug-likeness (QED) is 0.811. The highest BCUT2D eigenvalue weighted by Gasteiger charge is 2.29. The van der Waals surface area contributed by atoms with Crippen molar-refractivity contribution in [2.24, 2.45) is 0 Å². The van der Waals surface area contributed by atoms with Crippen LogP contribution in [-0.4, -0.2) is 48.8 Å². The first kappa shape index (κ1) is 15.4. The summed E-state index contributed by atoms with van der Waals surface area (Å²) in [5.41, 5.74) is -0.426. The summed E-state index contributed by atoms with van der Waals surface area (Å²) in [7, 11) is 0. The fraction of sp³-hybridized carbons (Fsp3) is 0.929. The highest BCUT2D eigenvalue weighted by Crippen LogP contribution is 2.18. The number of hydrogen-bond donors (Lipinski definition) is 1. The molecule has 1 aliphatic rings. The van der Waals surface area contributed by atoms with Gasteiger partial charge in [-0.3, -0.25) is 10.2 Å². The summed E-state index contributed by atoms with van der Waals surface area (Å²) < 4.78 is 5.66. The average Bonchev–Trinajstić information content (AvgIpc) is 2.54. The van der Waals surface area contributed by atoms with E-state index in [0.717, 1.165) is 39.1 Å². The molecular formula is C14H27N3O. The van der Waals surface area contributed by atoms with Crippen molar-refractivity contribution in [3.63, 3.8) is 0 Å². The topological polar surface area (TPSA) is 48.3 Å². The number of nitrogens with one attached hydrogen (secondary N) is 1. The summed E-state index contributed by atoms with van der Waals surface area (Å²) in [6.45, 7) is 12.1. The Morgan fingerprint density at radius 2 is 2.33 bits per heavy atom. The number of hydrogen-bond acceptors (Lipinski definition) is 4. The first-order chi connectivity index (χ1) is 8.50.